The molecule has 6 nitrogen and oxygen atoms in total. The summed E-state index contributed by atoms with van der Waals surface area (Å²) in [7, 11) is 0. The third-order valence-corrected chi connectivity index (χ3v) is 3.37. The first-order valence-electron chi connectivity index (χ1n) is 5.33. The summed E-state index contributed by atoms with van der Waals surface area (Å²) in [4.78, 5) is 17.9. The lowest BCUT2D eigenvalue weighted by Gasteiger charge is -2.55. The smallest absolute Gasteiger partial charge is 0.182 e. The van der Waals surface area contributed by atoms with E-state index >= 15 is 0 Å². The predicted octanol–water partition coefficient (Wildman–Crippen LogP) is 0.190. The lowest BCUT2D eigenvalue weighted by atomic mass is 9.78. The van der Waals surface area contributed by atoms with Crippen LogP contribution in [0, 0.1) is 5.41 Å². The highest BCUT2D eigenvalue weighted by molar-refractivity contribution is 5.83. The van der Waals surface area contributed by atoms with Crippen LogP contribution in [0.4, 0.5) is 5.82 Å². The molecule has 82 valence electrons. The number of anilines is 1. The van der Waals surface area contributed by atoms with E-state index in [4.69, 9.17) is 4.74 Å². The highest BCUT2D eigenvalue weighted by Crippen LogP contribution is 2.40. The van der Waals surface area contributed by atoms with E-state index in [-0.39, 0.29) is 0 Å². The Kier molecular flexibility index (Phi) is 1.43. The van der Waals surface area contributed by atoms with E-state index < -0.39 is 0 Å². The van der Waals surface area contributed by atoms with Crippen LogP contribution >= 0.6 is 0 Å². The first kappa shape index (κ1) is 8.46. The molecule has 0 amide bonds. The van der Waals surface area contributed by atoms with Gasteiger partial charge in [-0.1, -0.05) is 0 Å². The van der Waals surface area contributed by atoms with Crippen LogP contribution in [0.15, 0.2) is 12.7 Å². The molecule has 6 heteroatoms. The summed E-state index contributed by atoms with van der Waals surface area (Å²) < 4.78 is 5.26. The van der Waals surface area contributed by atoms with E-state index in [9.17, 15) is 0 Å². The molecule has 0 unspecified atom stereocenters. The average Bonchev–Trinajstić information content (AvgIpc) is 2.61. The first-order valence-corrected chi connectivity index (χ1v) is 5.33. The standard InChI is InChI=1S/C10H11N5O/c1-10(3-16-4-10)2-15(1)9-7-8(12-5-11-7)13-6-14-9/h5-6H,1-4H2,(H,11,12,13,14). The number of rotatable bonds is 1. The van der Waals surface area contributed by atoms with E-state index in [2.05, 4.69) is 24.8 Å². The molecule has 0 radical (unpaired) electrons. The van der Waals surface area contributed by atoms with E-state index in [1.165, 1.54) is 0 Å². The van der Waals surface area contributed by atoms with Crippen molar-refractivity contribution in [2.24, 2.45) is 5.41 Å². The number of hydrogen-bond acceptors (Lipinski definition) is 5. The van der Waals surface area contributed by atoms with Crippen molar-refractivity contribution in [1.82, 2.24) is 19.9 Å². The topological polar surface area (TPSA) is 66.9 Å². The summed E-state index contributed by atoms with van der Waals surface area (Å²) in [6, 6.07) is 0. The molecule has 2 fully saturated rings. The minimum atomic E-state index is 0.400. The van der Waals surface area contributed by atoms with Gasteiger partial charge in [0.05, 0.1) is 25.0 Å². The number of imidazole rings is 1. The zero-order valence-corrected chi connectivity index (χ0v) is 8.68. The van der Waals surface area contributed by atoms with Gasteiger partial charge >= 0.3 is 0 Å². The van der Waals surface area contributed by atoms with Gasteiger partial charge in [-0.05, 0) is 0 Å². The molecular formula is C10H11N5O. The van der Waals surface area contributed by atoms with Crippen LogP contribution in [-0.4, -0.2) is 46.2 Å². The fourth-order valence-electron chi connectivity index (χ4n) is 2.48. The maximum absolute atomic E-state index is 5.26. The summed E-state index contributed by atoms with van der Waals surface area (Å²) in [5.41, 5.74) is 2.06. The number of H-pyrrole nitrogens is 1. The van der Waals surface area contributed by atoms with Crippen LogP contribution in [0.25, 0.3) is 11.2 Å². The lowest BCUT2D eigenvalue weighted by molar-refractivity contribution is -0.127. The van der Waals surface area contributed by atoms with Gasteiger partial charge in [-0.2, -0.15) is 0 Å². The zero-order valence-electron chi connectivity index (χ0n) is 8.68. The third-order valence-electron chi connectivity index (χ3n) is 3.37. The van der Waals surface area contributed by atoms with Crippen LogP contribution < -0.4 is 4.90 Å². The summed E-state index contributed by atoms with van der Waals surface area (Å²) in [6.07, 6.45) is 3.23. The van der Waals surface area contributed by atoms with Gasteiger partial charge in [0.15, 0.2) is 11.5 Å². The number of aromatic nitrogens is 4. The average molecular weight is 217 g/mol. The van der Waals surface area contributed by atoms with Crippen LogP contribution in [0.3, 0.4) is 0 Å². The molecule has 2 aromatic heterocycles. The molecule has 0 saturated carbocycles. The second-order valence-electron chi connectivity index (χ2n) is 4.65. The van der Waals surface area contributed by atoms with Gasteiger partial charge in [-0.15, -0.1) is 0 Å². The number of hydrogen-bond donors (Lipinski definition) is 1. The van der Waals surface area contributed by atoms with Crippen molar-refractivity contribution in [3.8, 4) is 0 Å². The summed E-state index contributed by atoms with van der Waals surface area (Å²) >= 11 is 0. The molecule has 4 heterocycles. The molecule has 0 aliphatic carbocycles. The molecule has 0 aromatic carbocycles. The van der Waals surface area contributed by atoms with Crippen LogP contribution in [0.2, 0.25) is 0 Å². The van der Waals surface area contributed by atoms with Crippen molar-refractivity contribution in [1.29, 1.82) is 0 Å². The Hall–Kier alpha value is -1.69. The quantitative estimate of drug-likeness (QED) is 0.738. The third kappa shape index (κ3) is 0.969. The van der Waals surface area contributed by atoms with Crippen molar-refractivity contribution in [2.75, 3.05) is 31.2 Å². The number of aromatic amines is 1. The first-order chi connectivity index (χ1) is 7.86. The molecule has 2 saturated heterocycles. The molecule has 4 rings (SSSR count). The SMILES string of the molecule is c1nc(N2CC3(COC3)C2)c2[nH]cnc2n1. The molecule has 2 aromatic rings. The molecular weight excluding hydrogens is 206 g/mol. The van der Waals surface area contributed by atoms with Crippen molar-refractivity contribution in [3.63, 3.8) is 0 Å². The minimum Gasteiger partial charge on any atom is -0.380 e. The zero-order chi connectivity index (χ0) is 10.6. The van der Waals surface area contributed by atoms with Crippen molar-refractivity contribution in [2.45, 2.75) is 0 Å². The largest absolute Gasteiger partial charge is 0.380 e. The van der Waals surface area contributed by atoms with E-state index in [0.29, 0.717) is 5.41 Å². The number of fused-ring (bicyclic) bond motifs is 1. The molecule has 1 N–H and O–H groups in total. The van der Waals surface area contributed by atoms with E-state index in [1.54, 1.807) is 12.7 Å². The van der Waals surface area contributed by atoms with Crippen molar-refractivity contribution in [3.05, 3.63) is 12.7 Å². The number of nitrogens with one attached hydrogen (secondary N) is 1. The highest BCUT2D eigenvalue weighted by atomic mass is 16.5. The number of ether oxygens (including phenoxy) is 1. The Bertz CT molecular complexity index is 539. The molecule has 2 aliphatic rings. The monoisotopic (exact) mass is 217 g/mol. The van der Waals surface area contributed by atoms with E-state index in [1.807, 2.05) is 0 Å². The fourth-order valence-corrected chi connectivity index (χ4v) is 2.48. The fraction of sp³-hybridized carbons (Fsp3) is 0.500. The Balaban J connectivity index is 1.70. The summed E-state index contributed by atoms with van der Waals surface area (Å²) in [5, 5.41) is 0. The summed E-state index contributed by atoms with van der Waals surface area (Å²) in [5.74, 6) is 0.958. The Morgan fingerprint density at radius 1 is 1.25 bits per heavy atom. The minimum absolute atomic E-state index is 0.400. The summed E-state index contributed by atoms with van der Waals surface area (Å²) in [6.45, 7) is 3.83. The Morgan fingerprint density at radius 2 is 2.12 bits per heavy atom. The van der Waals surface area contributed by atoms with Crippen molar-refractivity contribution < 1.29 is 4.74 Å². The maximum Gasteiger partial charge on any atom is 0.182 e. The van der Waals surface area contributed by atoms with Gasteiger partial charge in [0.1, 0.15) is 11.8 Å². The second-order valence-corrected chi connectivity index (χ2v) is 4.65. The molecule has 16 heavy (non-hydrogen) atoms. The van der Waals surface area contributed by atoms with Crippen LogP contribution in [0.5, 0.6) is 0 Å². The van der Waals surface area contributed by atoms with Crippen LogP contribution in [-0.2, 0) is 4.74 Å². The lowest BCUT2D eigenvalue weighted by Crippen LogP contribution is -2.66. The molecule has 2 aliphatic heterocycles. The van der Waals surface area contributed by atoms with Gasteiger partial charge in [-0.3, -0.25) is 0 Å². The normalized spacial score (nSPS) is 22.1. The van der Waals surface area contributed by atoms with Crippen molar-refractivity contribution >= 4 is 17.0 Å². The Labute approximate surface area is 91.7 Å². The van der Waals surface area contributed by atoms with Gasteiger partial charge in [0.2, 0.25) is 0 Å². The van der Waals surface area contributed by atoms with Gasteiger partial charge in [-0.25, -0.2) is 15.0 Å². The second kappa shape index (κ2) is 2.70. The van der Waals surface area contributed by atoms with Crippen LogP contribution in [0.1, 0.15) is 0 Å². The van der Waals surface area contributed by atoms with Gasteiger partial charge < -0.3 is 14.6 Å². The molecule has 0 bridgehead atoms. The van der Waals surface area contributed by atoms with E-state index in [0.717, 1.165) is 43.3 Å². The number of nitrogens with zero attached hydrogens (tertiary/aromatic N) is 4. The molecule has 1 spiro atoms. The highest BCUT2D eigenvalue weighted by Gasteiger charge is 2.49. The van der Waals surface area contributed by atoms with Gasteiger partial charge in [0, 0.05) is 13.1 Å². The maximum atomic E-state index is 5.26. The van der Waals surface area contributed by atoms with Gasteiger partial charge in [0.25, 0.3) is 0 Å². The predicted molar refractivity (Wildman–Crippen MR) is 57.1 cm³/mol. The Morgan fingerprint density at radius 3 is 2.88 bits per heavy atom. The molecule has 0 atom stereocenters.